The molecule has 3 fully saturated rings. The molecule has 2 aromatic heterocycles. The summed E-state index contributed by atoms with van der Waals surface area (Å²) in [4.78, 5) is 33.3. The van der Waals surface area contributed by atoms with E-state index in [1.165, 1.54) is 19.5 Å². The van der Waals surface area contributed by atoms with E-state index in [9.17, 15) is 9.59 Å². The molecule has 10 nitrogen and oxygen atoms in total. The second kappa shape index (κ2) is 17.6. The second-order valence-corrected chi connectivity index (χ2v) is 14.6. The number of hydrogen-bond donors (Lipinski definition) is 0. The van der Waals surface area contributed by atoms with Gasteiger partial charge in [-0.05, 0) is 90.5 Å². The van der Waals surface area contributed by atoms with Gasteiger partial charge < -0.3 is 28.1 Å². The minimum absolute atomic E-state index is 0.00427. The largest absolute Gasteiger partial charge is 0.493 e. The van der Waals surface area contributed by atoms with Crippen LogP contribution >= 0.6 is 23.2 Å². The van der Waals surface area contributed by atoms with Gasteiger partial charge in [-0.1, -0.05) is 71.7 Å². The van der Waals surface area contributed by atoms with Gasteiger partial charge in [0, 0.05) is 31.3 Å². The van der Waals surface area contributed by atoms with E-state index < -0.39 is 12.1 Å². The Morgan fingerprint density at radius 3 is 2.31 bits per heavy atom. The fourth-order valence-corrected chi connectivity index (χ4v) is 7.89. The Morgan fingerprint density at radius 2 is 1.60 bits per heavy atom. The number of nitrogens with zero attached hydrogens (tertiary/aromatic N) is 2. The van der Waals surface area contributed by atoms with Gasteiger partial charge in [0.1, 0.15) is 30.3 Å². The molecular weight excluding hydrogens is 743 g/mol. The van der Waals surface area contributed by atoms with E-state index in [1.807, 2.05) is 54.6 Å². The molecule has 5 aromatic rings. The molecule has 3 aliphatic heterocycles. The summed E-state index contributed by atoms with van der Waals surface area (Å²) in [7, 11) is 3.07. The maximum Gasteiger partial charge on any atom is 0.374 e. The number of halogens is 2. The van der Waals surface area contributed by atoms with Gasteiger partial charge in [0.25, 0.3) is 0 Å². The Balaban J connectivity index is 1.03. The topological polar surface area (TPSA) is 110 Å². The summed E-state index contributed by atoms with van der Waals surface area (Å²) in [6.45, 7) is 3.04. The number of hydrogen-bond acceptors (Lipinski definition) is 10. The molecule has 0 radical (unpaired) electrons. The molecule has 3 saturated heterocycles. The number of esters is 2. The zero-order chi connectivity index (χ0) is 38.3. The smallest absolute Gasteiger partial charge is 0.374 e. The Morgan fingerprint density at radius 1 is 0.855 bits per heavy atom. The number of aromatic nitrogens is 1. The van der Waals surface area contributed by atoms with Gasteiger partial charge in [-0.2, -0.15) is 0 Å². The molecule has 12 heteroatoms. The summed E-state index contributed by atoms with van der Waals surface area (Å²) in [5.41, 5.74) is 3.14. The number of rotatable bonds is 15. The Hall–Kier alpha value is -5.03. The number of benzene rings is 3. The SMILES string of the molecule is COc1ccc([C@H](Cc2c(Cl)cncc2Cl)OC(=O)c2ccc(COc3cccc([C@@H](CC(=O)O[C@H]4CN5CCC4CC5)c4ccccc4)c3)o2)cc1OC. The Kier molecular flexibility index (Phi) is 12.3. The quantitative estimate of drug-likeness (QED) is 0.0956. The lowest BCUT2D eigenvalue weighted by Gasteiger charge is -2.44. The lowest BCUT2D eigenvalue weighted by molar-refractivity contribution is -0.159. The average molecular weight is 786 g/mol. The molecule has 0 aliphatic carbocycles. The van der Waals surface area contributed by atoms with Crippen molar-refractivity contribution in [3.05, 3.63) is 141 Å². The second-order valence-electron chi connectivity index (χ2n) is 13.8. The molecule has 2 bridgehead atoms. The normalized spacial score (nSPS) is 18.6. The molecule has 0 amide bonds. The van der Waals surface area contributed by atoms with Gasteiger partial charge in [-0.3, -0.25) is 14.7 Å². The predicted octanol–water partition coefficient (Wildman–Crippen LogP) is 8.88. The molecule has 0 saturated carbocycles. The van der Waals surface area contributed by atoms with Crippen molar-refractivity contribution >= 4 is 35.1 Å². The number of methoxy groups -OCH3 is 2. The molecule has 8 rings (SSSR count). The number of carbonyl (C=O) groups excluding carboxylic acids is 2. The maximum absolute atomic E-state index is 13.5. The molecule has 0 N–H and O–H groups in total. The standard InChI is InChI=1S/C43H42Cl2N2O8/c1-50-37-13-11-30(20-40(37)51-2)39(21-34-35(44)23-46-24-36(34)45)55-43(49)38-14-12-32(53-38)26-52-31-10-6-9-29(19-31)33(27-7-4-3-5-8-27)22-42(48)54-41-25-47-17-15-28(41)16-18-47/h3-14,19-20,23-24,28,33,39,41H,15-18,21-22,25-26H2,1-2H3/t33-,39-,41-/m0/s1. The van der Waals surface area contributed by atoms with Crippen LogP contribution in [0.2, 0.25) is 10.0 Å². The van der Waals surface area contributed by atoms with Gasteiger partial charge in [-0.25, -0.2) is 4.79 Å². The van der Waals surface area contributed by atoms with Crippen molar-refractivity contribution in [3.63, 3.8) is 0 Å². The van der Waals surface area contributed by atoms with E-state index in [-0.39, 0.29) is 43.2 Å². The summed E-state index contributed by atoms with van der Waals surface area (Å²) in [5.74, 6) is 1.32. The van der Waals surface area contributed by atoms with E-state index in [1.54, 1.807) is 37.4 Å². The lowest BCUT2D eigenvalue weighted by atomic mass is 9.85. The van der Waals surface area contributed by atoms with Crippen molar-refractivity contribution in [3.8, 4) is 17.2 Å². The molecule has 0 spiro atoms. The van der Waals surface area contributed by atoms with Crippen LogP contribution in [-0.2, 0) is 27.3 Å². The van der Waals surface area contributed by atoms with Crippen LogP contribution in [0.25, 0.3) is 0 Å². The number of pyridine rings is 1. The first-order chi connectivity index (χ1) is 26.8. The maximum atomic E-state index is 13.5. The zero-order valence-corrected chi connectivity index (χ0v) is 32.1. The lowest BCUT2D eigenvalue weighted by Crippen LogP contribution is -2.52. The van der Waals surface area contributed by atoms with Gasteiger partial charge >= 0.3 is 11.9 Å². The van der Waals surface area contributed by atoms with Gasteiger partial charge in [0.15, 0.2) is 11.5 Å². The van der Waals surface area contributed by atoms with Crippen molar-refractivity contribution in [2.75, 3.05) is 33.9 Å². The van der Waals surface area contributed by atoms with Crippen LogP contribution in [0.5, 0.6) is 17.2 Å². The molecule has 3 atom stereocenters. The summed E-state index contributed by atoms with van der Waals surface area (Å²) in [6, 6.07) is 26.1. The van der Waals surface area contributed by atoms with Crippen LogP contribution in [0.3, 0.4) is 0 Å². The molecule has 5 heterocycles. The van der Waals surface area contributed by atoms with E-state index in [2.05, 4.69) is 9.88 Å². The van der Waals surface area contributed by atoms with Crippen LogP contribution < -0.4 is 14.2 Å². The highest BCUT2D eigenvalue weighted by molar-refractivity contribution is 6.35. The Labute approximate surface area is 330 Å². The fraction of sp³-hybridized carbons (Fsp3) is 0.326. The first-order valence-electron chi connectivity index (χ1n) is 18.3. The van der Waals surface area contributed by atoms with Crippen molar-refractivity contribution in [1.29, 1.82) is 0 Å². The molecule has 286 valence electrons. The third-order valence-electron chi connectivity index (χ3n) is 10.3. The minimum atomic E-state index is -0.817. The van der Waals surface area contributed by atoms with Gasteiger partial charge in [0.05, 0.1) is 30.7 Å². The minimum Gasteiger partial charge on any atom is -0.493 e. The molecule has 3 aliphatic rings. The molecule has 55 heavy (non-hydrogen) atoms. The Bertz CT molecular complexity index is 2080. The number of carbonyl (C=O) groups is 2. The highest BCUT2D eigenvalue weighted by Gasteiger charge is 2.37. The first-order valence-corrected chi connectivity index (χ1v) is 19.0. The van der Waals surface area contributed by atoms with Gasteiger partial charge in [-0.15, -0.1) is 0 Å². The number of piperidine rings is 3. The van der Waals surface area contributed by atoms with E-state index in [0.717, 1.165) is 43.6 Å². The summed E-state index contributed by atoms with van der Waals surface area (Å²) in [6.07, 6.45) is 4.64. The van der Waals surface area contributed by atoms with E-state index in [0.29, 0.717) is 50.1 Å². The van der Waals surface area contributed by atoms with Crippen molar-refractivity contribution in [2.45, 2.75) is 50.4 Å². The first kappa shape index (κ1) is 38.3. The van der Waals surface area contributed by atoms with Crippen LogP contribution in [0.1, 0.15) is 69.9 Å². The predicted molar refractivity (Wildman–Crippen MR) is 207 cm³/mol. The van der Waals surface area contributed by atoms with Crippen molar-refractivity contribution in [2.24, 2.45) is 5.92 Å². The number of fused-ring (bicyclic) bond motifs is 3. The van der Waals surface area contributed by atoms with E-state index >= 15 is 0 Å². The van der Waals surface area contributed by atoms with E-state index in [4.69, 9.17) is 51.3 Å². The third-order valence-corrected chi connectivity index (χ3v) is 11.0. The molecule has 3 aromatic carbocycles. The monoisotopic (exact) mass is 784 g/mol. The number of ether oxygens (including phenoxy) is 5. The summed E-state index contributed by atoms with van der Waals surface area (Å²) >= 11 is 12.9. The highest BCUT2D eigenvalue weighted by atomic mass is 35.5. The zero-order valence-electron chi connectivity index (χ0n) is 30.6. The highest BCUT2D eigenvalue weighted by Crippen LogP contribution is 2.37. The van der Waals surface area contributed by atoms with Gasteiger partial charge in [0.2, 0.25) is 5.76 Å². The average Bonchev–Trinajstić information content (AvgIpc) is 3.70. The van der Waals surface area contributed by atoms with Crippen LogP contribution in [0.4, 0.5) is 0 Å². The van der Waals surface area contributed by atoms with Crippen LogP contribution in [0, 0.1) is 5.92 Å². The number of furan rings is 1. The third kappa shape index (κ3) is 9.27. The van der Waals surface area contributed by atoms with Crippen molar-refractivity contribution < 1.29 is 37.7 Å². The molecular formula is C43H42Cl2N2O8. The van der Waals surface area contributed by atoms with Crippen LogP contribution in [0.15, 0.2) is 102 Å². The van der Waals surface area contributed by atoms with Crippen molar-refractivity contribution in [1.82, 2.24) is 9.88 Å². The summed E-state index contributed by atoms with van der Waals surface area (Å²) < 4.78 is 35.0. The summed E-state index contributed by atoms with van der Waals surface area (Å²) in [5, 5.41) is 0.685. The molecule has 0 unspecified atom stereocenters. The fourth-order valence-electron chi connectivity index (χ4n) is 7.37. The van der Waals surface area contributed by atoms with Crippen LogP contribution in [-0.4, -0.2) is 61.8 Å².